The van der Waals surface area contributed by atoms with Crippen molar-refractivity contribution in [1.29, 1.82) is 0 Å². The number of esters is 1. The van der Waals surface area contributed by atoms with Crippen LogP contribution in [0.1, 0.15) is 113 Å². The number of carbonyl (C=O) groups excluding carboxylic acids is 4. The average Bonchev–Trinajstić information content (AvgIpc) is 3.26. The van der Waals surface area contributed by atoms with E-state index in [0.717, 1.165) is 30.4 Å². The van der Waals surface area contributed by atoms with Gasteiger partial charge in [-0.2, -0.15) is 0 Å². The number of allylic oxidation sites excluding steroid dienone is 10. The van der Waals surface area contributed by atoms with Gasteiger partial charge in [0.1, 0.15) is 11.4 Å². The molecule has 0 heterocycles. The highest BCUT2D eigenvalue weighted by atomic mass is 16.5. The molecule has 0 radical (unpaired) electrons. The van der Waals surface area contributed by atoms with Crippen molar-refractivity contribution in [3.8, 4) is 0 Å². The zero-order chi connectivity index (χ0) is 34.4. The Bertz CT molecular complexity index is 1530. The van der Waals surface area contributed by atoms with Crippen LogP contribution in [0, 0.1) is 34.0 Å². The molecule has 47 heavy (non-hydrogen) atoms. The molecular weight excluding hydrogens is 588 g/mol. The number of Topliss-reactive ketones (excluding diaryl/α,β-unsaturated/α-hetero) is 2. The molecule has 0 aliphatic heterocycles. The zero-order valence-corrected chi connectivity index (χ0v) is 29.5. The molecule has 6 nitrogen and oxygen atoms in total. The van der Waals surface area contributed by atoms with Crippen molar-refractivity contribution in [1.82, 2.24) is 0 Å². The minimum absolute atomic E-state index is 0.0133. The predicted octanol–water partition coefficient (Wildman–Crippen LogP) is 8.07. The van der Waals surface area contributed by atoms with Crippen LogP contribution in [0.15, 0.2) is 70.4 Å². The lowest BCUT2D eigenvalue weighted by atomic mass is 9.46. The van der Waals surface area contributed by atoms with Crippen molar-refractivity contribution < 1.29 is 29.0 Å². The summed E-state index contributed by atoms with van der Waals surface area (Å²) in [5, 5.41) is 11.9. The largest absolute Gasteiger partial charge is 0.454 e. The molecular formula is C41H54O6. The second-order valence-corrected chi connectivity index (χ2v) is 16.3. The van der Waals surface area contributed by atoms with Crippen molar-refractivity contribution in [2.24, 2.45) is 34.0 Å². The maximum absolute atomic E-state index is 13.8. The first-order chi connectivity index (χ1) is 22.0. The van der Waals surface area contributed by atoms with Gasteiger partial charge in [0.2, 0.25) is 5.78 Å². The number of ketones is 3. The lowest BCUT2D eigenvalue weighted by Crippen LogP contribution is -2.61. The van der Waals surface area contributed by atoms with Crippen LogP contribution in [-0.4, -0.2) is 40.6 Å². The van der Waals surface area contributed by atoms with Gasteiger partial charge in [-0.05, 0) is 112 Å². The minimum atomic E-state index is -1.73. The summed E-state index contributed by atoms with van der Waals surface area (Å²) in [6.45, 7) is 14.2. The van der Waals surface area contributed by atoms with Crippen LogP contribution in [0.25, 0.3) is 0 Å². The maximum atomic E-state index is 13.8. The van der Waals surface area contributed by atoms with Gasteiger partial charge in [-0.3, -0.25) is 14.4 Å². The topological polar surface area (TPSA) is 97.7 Å². The van der Waals surface area contributed by atoms with Crippen molar-refractivity contribution in [2.45, 2.75) is 118 Å². The number of aliphatic hydroxyl groups is 1. The highest BCUT2D eigenvalue weighted by molar-refractivity contribution is 5.95. The Hall–Kier alpha value is -3.12. The van der Waals surface area contributed by atoms with E-state index in [1.54, 1.807) is 13.0 Å². The summed E-state index contributed by atoms with van der Waals surface area (Å²) in [7, 11) is 0. The van der Waals surface area contributed by atoms with E-state index in [4.69, 9.17) is 4.74 Å². The van der Waals surface area contributed by atoms with E-state index in [9.17, 15) is 24.3 Å². The summed E-state index contributed by atoms with van der Waals surface area (Å²) in [5.41, 5.74) is 2.97. The second kappa shape index (κ2) is 13.1. The highest BCUT2D eigenvalue weighted by Gasteiger charge is 2.68. The van der Waals surface area contributed by atoms with Gasteiger partial charge in [0.15, 0.2) is 12.4 Å². The normalized spacial score (nSPS) is 35.9. The quantitative estimate of drug-likeness (QED) is 0.163. The molecule has 0 spiro atoms. The van der Waals surface area contributed by atoms with Crippen LogP contribution < -0.4 is 0 Å². The summed E-state index contributed by atoms with van der Waals surface area (Å²) in [4.78, 5) is 52.2. The lowest BCUT2D eigenvalue weighted by molar-refractivity contribution is -0.173. The number of ether oxygens (including phenoxy) is 1. The molecule has 0 aromatic carbocycles. The van der Waals surface area contributed by atoms with Gasteiger partial charge in [-0.1, -0.05) is 74.8 Å². The SMILES string of the molecule is CC(C=CC1=C(C)CCCC1(C)C)=CC=CC(C)=CC(=O)OCC(=O)[C@@]1(O)CC[C@H]2[C@@H]3CCC4=CC(=O)CC[C@]4(C)[C@H]3C(=O)C[C@@]21C. The molecule has 5 aliphatic carbocycles. The van der Waals surface area contributed by atoms with E-state index < -0.39 is 29.4 Å². The summed E-state index contributed by atoms with van der Waals surface area (Å²) in [6, 6.07) is 0. The van der Waals surface area contributed by atoms with E-state index in [1.165, 1.54) is 30.1 Å². The molecule has 3 saturated carbocycles. The Morgan fingerprint density at radius 3 is 2.45 bits per heavy atom. The third-order valence-electron chi connectivity index (χ3n) is 12.7. The smallest absolute Gasteiger partial charge is 0.331 e. The minimum Gasteiger partial charge on any atom is -0.454 e. The standard InChI is InChI=1S/C41H54O6/c1-26(13-16-32-28(3)12-9-19-38(32,4)5)10-8-11-27(2)22-36(45)47-25-35(44)41(46)21-18-33-31-15-14-29-23-30(42)17-20-39(29,6)37(31)34(43)24-40(33,41)7/h8,10-11,13,16,22-23,31,33,37,46H,9,12,14-15,17-21,24-25H2,1-7H3/t31-,33-,37+,39-,40-,41-/m0/s1. The number of hydrogen-bond acceptors (Lipinski definition) is 6. The van der Waals surface area contributed by atoms with E-state index in [0.29, 0.717) is 24.8 Å². The Morgan fingerprint density at radius 2 is 1.72 bits per heavy atom. The third-order valence-corrected chi connectivity index (χ3v) is 12.7. The molecule has 254 valence electrons. The molecule has 0 saturated heterocycles. The summed E-state index contributed by atoms with van der Waals surface area (Å²) in [5.74, 6) is -1.07. The fourth-order valence-electron chi connectivity index (χ4n) is 10.0. The van der Waals surface area contributed by atoms with Crippen LogP contribution in [0.3, 0.4) is 0 Å². The monoisotopic (exact) mass is 642 g/mol. The van der Waals surface area contributed by atoms with Crippen LogP contribution in [-0.2, 0) is 23.9 Å². The van der Waals surface area contributed by atoms with Crippen molar-refractivity contribution in [3.05, 3.63) is 70.4 Å². The molecule has 6 heteroatoms. The molecule has 0 aromatic heterocycles. The number of hydrogen-bond donors (Lipinski definition) is 1. The van der Waals surface area contributed by atoms with Crippen LogP contribution >= 0.6 is 0 Å². The average molecular weight is 643 g/mol. The first-order valence-corrected chi connectivity index (χ1v) is 17.6. The van der Waals surface area contributed by atoms with Crippen molar-refractivity contribution in [3.63, 3.8) is 0 Å². The van der Waals surface area contributed by atoms with Gasteiger partial charge in [-0.25, -0.2) is 4.79 Å². The molecule has 5 rings (SSSR count). The van der Waals surface area contributed by atoms with Crippen LogP contribution in [0.5, 0.6) is 0 Å². The summed E-state index contributed by atoms with van der Waals surface area (Å²) < 4.78 is 5.36. The second-order valence-electron chi connectivity index (χ2n) is 16.3. The Morgan fingerprint density at radius 1 is 0.979 bits per heavy atom. The molecule has 5 aliphatic rings. The van der Waals surface area contributed by atoms with Gasteiger partial charge in [-0.15, -0.1) is 0 Å². The van der Waals surface area contributed by atoms with Crippen molar-refractivity contribution >= 4 is 23.3 Å². The van der Waals surface area contributed by atoms with Crippen molar-refractivity contribution in [2.75, 3.05) is 6.61 Å². The van der Waals surface area contributed by atoms with Gasteiger partial charge in [0, 0.05) is 30.3 Å². The zero-order valence-electron chi connectivity index (χ0n) is 29.5. The Labute approximate surface area is 281 Å². The first-order valence-electron chi connectivity index (χ1n) is 17.6. The lowest BCUT2D eigenvalue weighted by Gasteiger charge is -2.57. The van der Waals surface area contributed by atoms with Gasteiger partial charge in [0.25, 0.3) is 0 Å². The first kappa shape index (κ1) is 35.2. The molecule has 0 amide bonds. The van der Waals surface area contributed by atoms with E-state index in [-0.39, 0.29) is 53.0 Å². The summed E-state index contributed by atoms with van der Waals surface area (Å²) in [6.07, 6.45) is 20.5. The molecule has 0 unspecified atom stereocenters. The predicted molar refractivity (Wildman–Crippen MR) is 184 cm³/mol. The Kier molecular flexibility index (Phi) is 9.78. The molecule has 6 atom stereocenters. The molecule has 0 aromatic rings. The van der Waals surface area contributed by atoms with Crippen LogP contribution in [0.4, 0.5) is 0 Å². The highest BCUT2D eigenvalue weighted by Crippen LogP contribution is 2.66. The number of rotatable bonds is 8. The van der Waals surface area contributed by atoms with E-state index >= 15 is 0 Å². The van der Waals surface area contributed by atoms with Gasteiger partial charge in [0.05, 0.1) is 0 Å². The summed E-state index contributed by atoms with van der Waals surface area (Å²) >= 11 is 0. The number of carbonyl (C=O) groups is 4. The molecule has 1 N–H and O–H groups in total. The fraction of sp³-hybridized carbons (Fsp3) is 0.610. The maximum Gasteiger partial charge on any atom is 0.331 e. The fourth-order valence-corrected chi connectivity index (χ4v) is 10.0. The molecule has 3 fully saturated rings. The van der Waals surface area contributed by atoms with E-state index in [2.05, 4.69) is 39.8 Å². The van der Waals surface area contributed by atoms with Gasteiger partial charge >= 0.3 is 5.97 Å². The number of fused-ring (bicyclic) bond motifs is 5. The van der Waals surface area contributed by atoms with Crippen LogP contribution in [0.2, 0.25) is 0 Å². The Balaban J connectivity index is 1.19. The van der Waals surface area contributed by atoms with Gasteiger partial charge < -0.3 is 9.84 Å². The molecule has 0 bridgehead atoms. The van der Waals surface area contributed by atoms with E-state index in [1.807, 2.05) is 32.1 Å². The third kappa shape index (κ3) is 6.51.